The second-order valence-electron chi connectivity index (χ2n) is 7.69. The Morgan fingerprint density at radius 3 is 2.57 bits per heavy atom. The van der Waals surface area contributed by atoms with Crippen LogP contribution in [0.3, 0.4) is 0 Å². The van der Waals surface area contributed by atoms with Crippen LogP contribution in [0.5, 0.6) is 0 Å². The minimum Gasteiger partial charge on any atom is -0.263 e. The maximum absolute atomic E-state index is 13.2. The molecule has 0 saturated heterocycles. The van der Waals surface area contributed by atoms with Crippen LogP contribution in [0.4, 0.5) is 5.69 Å². The SMILES string of the molecule is Cc1ccc2nc(-c3ccc(N4CCn5ncc(C)c5S4(=O)=O)c(C)c3)ncc2c1. The summed E-state index contributed by atoms with van der Waals surface area (Å²) < 4.78 is 29.5. The molecular formula is C22H21N5O2S. The number of aryl methyl sites for hydroxylation is 3. The van der Waals surface area contributed by atoms with Crippen molar-refractivity contribution in [1.82, 2.24) is 19.7 Å². The summed E-state index contributed by atoms with van der Waals surface area (Å²) in [5.41, 5.74) is 5.09. The normalized spacial score (nSPS) is 15.4. The van der Waals surface area contributed by atoms with Crippen molar-refractivity contribution in [2.45, 2.75) is 32.3 Å². The average molecular weight is 420 g/mol. The minimum atomic E-state index is -3.65. The van der Waals surface area contributed by atoms with E-state index in [1.165, 1.54) is 9.87 Å². The van der Waals surface area contributed by atoms with Crippen LogP contribution in [-0.4, -0.2) is 34.7 Å². The Kier molecular flexibility index (Phi) is 4.14. The Labute approximate surface area is 175 Å². The summed E-state index contributed by atoms with van der Waals surface area (Å²) in [4.78, 5) is 9.19. The molecule has 3 heterocycles. The summed E-state index contributed by atoms with van der Waals surface area (Å²) in [5.74, 6) is 0.622. The molecule has 0 atom stereocenters. The first-order valence-electron chi connectivity index (χ1n) is 9.74. The molecule has 7 nitrogen and oxygen atoms in total. The molecular weight excluding hydrogens is 398 g/mol. The van der Waals surface area contributed by atoms with Crippen LogP contribution >= 0.6 is 0 Å². The lowest BCUT2D eigenvalue weighted by molar-refractivity contribution is 0.509. The Morgan fingerprint density at radius 1 is 0.933 bits per heavy atom. The second-order valence-corrected chi connectivity index (χ2v) is 9.47. The highest BCUT2D eigenvalue weighted by Crippen LogP contribution is 2.33. The van der Waals surface area contributed by atoms with Gasteiger partial charge in [0.1, 0.15) is 0 Å². The van der Waals surface area contributed by atoms with Gasteiger partial charge in [-0.05, 0) is 56.7 Å². The molecule has 5 rings (SSSR count). The molecule has 2 aromatic heterocycles. The fourth-order valence-corrected chi connectivity index (χ4v) is 5.85. The van der Waals surface area contributed by atoms with Crippen LogP contribution in [0.15, 0.2) is 53.8 Å². The lowest BCUT2D eigenvalue weighted by Gasteiger charge is -2.30. The number of hydrogen-bond acceptors (Lipinski definition) is 5. The summed E-state index contributed by atoms with van der Waals surface area (Å²) in [6, 6.07) is 11.7. The zero-order chi connectivity index (χ0) is 21.0. The van der Waals surface area contributed by atoms with E-state index in [1.54, 1.807) is 17.8 Å². The first-order valence-corrected chi connectivity index (χ1v) is 11.2. The molecule has 0 aliphatic carbocycles. The van der Waals surface area contributed by atoms with E-state index in [0.29, 0.717) is 30.2 Å². The third-order valence-corrected chi connectivity index (χ3v) is 7.45. The van der Waals surface area contributed by atoms with Gasteiger partial charge in [0.05, 0.1) is 30.5 Å². The molecule has 0 amide bonds. The highest BCUT2D eigenvalue weighted by molar-refractivity contribution is 7.92. The third-order valence-electron chi connectivity index (χ3n) is 5.47. The van der Waals surface area contributed by atoms with Gasteiger partial charge in [0.2, 0.25) is 0 Å². The molecule has 0 bridgehead atoms. The van der Waals surface area contributed by atoms with E-state index in [9.17, 15) is 8.42 Å². The van der Waals surface area contributed by atoms with Crippen molar-refractivity contribution in [3.8, 4) is 11.4 Å². The summed E-state index contributed by atoms with van der Waals surface area (Å²) in [5, 5.41) is 5.45. The van der Waals surface area contributed by atoms with Crippen LogP contribution in [0.25, 0.3) is 22.3 Å². The number of benzene rings is 2. The van der Waals surface area contributed by atoms with Crippen LogP contribution in [-0.2, 0) is 16.6 Å². The average Bonchev–Trinajstić information content (AvgIpc) is 3.10. The number of fused-ring (bicyclic) bond motifs is 2. The fourth-order valence-electron chi connectivity index (χ4n) is 3.99. The molecule has 8 heteroatoms. The summed E-state index contributed by atoms with van der Waals surface area (Å²) >= 11 is 0. The topological polar surface area (TPSA) is 81.0 Å². The van der Waals surface area contributed by atoms with E-state index in [-0.39, 0.29) is 5.03 Å². The third kappa shape index (κ3) is 2.87. The van der Waals surface area contributed by atoms with Gasteiger partial charge in [-0.15, -0.1) is 0 Å². The Hall–Kier alpha value is -3.26. The standard InChI is InChI=1S/C22H21N5O2S/c1-14-4-6-19-18(10-14)13-23-21(25-19)17-5-7-20(15(2)11-17)27-9-8-26-22(30(27,28)29)16(3)12-24-26/h4-7,10-13H,8-9H2,1-3H3. The molecule has 2 aromatic carbocycles. The van der Waals surface area contributed by atoms with Gasteiger partial charge in [0.25, 0.3) is 10.0 Å². The monoisotopic (exact) mass is 419 g/mol. The van der Waals surface area contributed by atoms with Crippen LogP contribution in [0, 0.1) is 20.8 Å². The molecule has 0 saturated carbocycles. The van der Waals surface area contributed by atoms with E-state index in [0.717, 1.165) is 22.0 Å². The summed E-state index contributed by atoms with van der Waals surface area (Å²) in [6.45, 7) is 6.60. The largest absolute Gasteiger partial charge is 0.281 e. The van der Waals surface area contributed by atoms with Crippen molar-refractivity contribution >= 4 is 26.6 Å². The number of hydrogen-bond donors (Lipinski definition) is 0. The zero-order valence-corrected chi connectivity index (χ0v) is 17.8. The van der Waals surface area contributed by atoms with Crippen molar-refractivity contribution in [2.75, 3.05) is 10.8 Å². The molecule has 0 fully saturated rings. The molecule has 30 heavy (non-hydrogen) atoms. The summed E-state index contributed by atoms with van der Waals surface area (Å²) in [6.07, 6.45) is 3.43. The number of sulfonamides is 1. The molecule has 0 radical (unpaired) electrons. The smallest absolute Gasteiger partial charge is 0.263 e. The lowest BCUT2D eigenvalue weighted by Crippen LogP contribution is -2.40. The fraction of sp³-hybridized carbons (Fsp3) is 0.227. The number of nitrogens with zero attached hydrogens (tertiary/aromatic N) is 5. The molecule has 0 spiro atoms. The van der Waals surface area contributed by atoms with Gasteiger partial charge in [0, 0.05) is 22.7 Å². The van der Waals surface area contributed by atoms with E-state index in [2.05, 4.69) is 21.1 Å². The molecule has 0 unspecified atom stereocenters. The number of aromatic nitrogens is 4. The quantitative estimate of drug-likeness (QED) is 0.496. The summed E-state index contributed by atoms with van der Waals surface area (Å²) in [7, 11) is -3.65. The maximum atomic E-state index is 13.2. The molecule has 1 aliphatic heterocycles. The van der Waals surface area contributed by atoms with Crippen LogP contribution in [0.2, 0.25) is 0 Å². The van der Waals surface area contributed by atoms with Crippen molar-refractivity contribution in [2.24, 2.45) is 0 Å². The van der Waals surface area contributed by atoms with Crippen LogP contribution < -0.4 is 4.31 Å². The minimum absolute atomic E-state index is 0.269. The van der Waals surface area contributed by atoms with Crippen molar-refractivity contribution < 1.29 is 8.42 Å². The number of rotatable bonds is 2. The van der Waals surface area contributed by atoms with Crippen LogP contribution in [0.1, 0.15) is 16.7 Å². The Bertz CT molecular complexity index is 1410. The van der Waals surface area contributed by atoms with Gasteiger partial charge < -0.3 is 0 Å². The first-order chi connectivity index (χ1) is 14.3. The van der Waals surface area contributed by atoms with Crippen molar-refractivity contribution in [3.63, 3.8) is 0 Å². The van der Waals surface area contributed by atoms with Gasteiger partial charge in [-0.3, -0.25) is 8.99 Å². The molecule has 152 valence electrons. The van der Waals surface area contributed by atoms with E-state index in [4.69, 9.17) is 0 Å². The van der Waals surface area contributed by atoms with Gasteiger partial charge in [-0.1, -0.05) is 11.6 Å². The van der Waals surface area contributed by atoms with Gasteiger partial charge in [-0.25, -0.2) is 9.97 Å². The van der Waals surface area contributed by atoms with Crippen molar-refractivity contribution in [3.05, 3.63) is 65.5 Å². The Morgan fingerprint density at radius 2 is 1.77 bits per heavy atom. The highest BCUT2D eigenvalue weighted by Gasteiger charge is 2.35. The maximum Gasteiger partial charge on any atom is 0.281 e. The van der Waals surface area contributed by atoms with E-state index in [1.807, 2.05) is 50.4 Å². The Balaban J connectivity index is 1.54. The number of anilines is 1. The van der Waals surface area contributed by atoms with Gasteiger partial charge in [0.15, 0.2) is 10.9 Å². The van der Waals surface area contributed by atoms with Crippen molar-refractivity contribution in [1.29, 1.82) is 0 Å². The van der Waals surface area contributed by atoms with E-state index < -0.39 is 10.0 Å². The van der Waals surface area contributed by atoms with Gasteiger partial charge >= 0.3 is 0 Å². The zero-order valence-electron chi connectivity index (χ0n) is 17.0. The lowest BCUT2D eigenvalue weighted by atomic mass is 10.1. The molecule has 4 aromatic rings. The molecule has 0 N–H and O–H groups in total. The van der Waals surface area contributed by atoms with E-state index >= 15 is 0 Å². The first kappa shape index (κ1) is 18.7. The molecule has 1 aliphatic rings. The highest BCUT2D eigenvalue weighted by atomic mass is 32.2. The van der Waals surface area contributed by atoms with Gasteiger partial charge in [-0.2, -0.15) is 13.5 Å². The predicted molar refractivity (Wildman–Crippen MR) is 116 cm³/mol. The second kappa shape index (κ2) is 6.63. The predicted octanol–water partition coefficient (Wildman–Crippen LogP) is 3.63.